The van der Waals surface area contributed by atoms with Crippen LogP contribution in [0.3, 0.4) is 0 Å². The van der Waals surface area contributed by atoms with Crippen LogP contribution in [-0.2, 0) is 0 Å². The zero-order chi connectivity index (χ0) is 13.9. The lowest BCUT2D eigenvalue weighted by Crippen LogP contribution is -1.91. The molecular weight excluding hydrogens is 248 g/mol. The lowest BCUT2D eigenvalue weighted by molar-refractivity contribution is 0.475. The Balaban J connectivity index is 1.96. The van der Waals surface area contributed by atoms with E-state index in [4.69, 9.17) is 5.73 Å². The van der Waals surface area contributed by atoms with Crippen molar-refractivity contribution in [2.75, 3.05) is 5.73 Å². The maximum Gasteiger partial charge on any atom is 0.115 e. The van der Waals surface area contributed by atoms with Gasteiger partial charge in [0.2, 0.25) is 0 Å². The maximum absolute atomic E-state index is 9.24. The molecule has 0 radical (unpaired) electrons. The molecule has 0 unspecified atom stereocenters. The van der Waals surface area contributed by atoms with Gasteiger partial charge in [-0.3, -0.25) is 0 Å². The molecular formula is C17H14N2O. The van der Waals surface area contributed by atoms with Crippen molar-refractivity contribution < 1.29 is 5.11 Å². The Hall–Kier alpha value is -2.81. The van der Waals surface area contributed by atoms with Crippen LogP contribution in [0, 0.1) is 0 Å². The van der Waals surface area contributed by atoms with Crippen molar-refractivity contribution in [3.63, 3.8) is 0 Å². The molecule has 0 atom stereocenters. The highest BCUT2D eigenvalue weighted by Gasteiger charge is 2.00. The third kappa shape index (κ3) is 2.47. The van der Waals surface area contributed by atoms with Crippen LogP contribution in [0.15, 0.2) is 54.6 Å². The predicted molar refractivity (Wildman–Crippen MR) is 83.2 cm³/mol. The Bertz CT molecular complexity index is 777. The SMILES string of the molecule is Nc1cc(/C=C/c2ccc(O)cc2)nc2ccccc12. The number of para-hydroxylation sites is 1. The highest BCUT2D eigenvalue weighted by molar-refractivity contribution is 5.91. The van der Waals surface area contributed by atoms with Crippen LogP contribution in [0.5, 0.6) is 5.75 Å². The molecule has 3 aromatic rings. The van der Waals surface area contributed by atoms with Crippen LogP contribution in [-0.4, -0.2) is 10.1 Å². The van der Waals surface area contributed by atoms with Gasteiger partial charge in [0.1, 0.15) is 5.75 Å². The molecule has 0 saturated heterocycles. The van der Waals surface area contributed by atoms with E-state index in [1.165, 1.54) is 0 Å². The number of anilines is 1. The average molecular weight is 262 g/mol. The Morgan fingerprint density at radius 2 is 1.70 bits per heavy atom. The summed E-state index contributed by atoms with van der Waals surface area (Å²) in [6.45, 7) is 0. The Morgan fingerprint density at radius 3 is 2.50 bits per heavy atom. The fourth-order valence-electron chi connectivity index (χ4n) is 2.08. The molecule has 1 heterocycles. The van der Waals surface area contributed by atoms with Gasteiger partial charge in [0.05, 0.1) is 11.2 Å². The van der Waals surface area contributed by atoms with Crippen molar-refractivity contribution in [1.82, 2.24) is 4.98 Å². The molecule has 0 saturated carbocycles. The van der Waals surface area contributed by atoms with Gasteiger partial charge in [-0.1, -0.05) is 36.4 Å². The Kier molecular flexibility index (Phi) is 3.09. The lowest BCUT2D eigenvalue weighted by Gasteiger charge is -2.03. The standard InChI is InChI=1S/C17H14N2O/c18-16-11-13(19-17-4-2-1-3-15(16)17)8-5-12-6-9-14(20)10-7-12/h1-11,20H,(H2,18,19)/b8-5+. The largest absolute Gasteiger partial charge is 0.508 e. The number of nitrogens with two attached hydrogens (primary N) is 1. The zero-order valence-corrected chi connectivity index (χ0v) is 10.8. The van der Waals surface area contributed by atoms with E-state index in [1.54, 1.807) is 12.1 Å². The van der Waals surface area contributed by atoms with Gasteiger partial charge >= 0.3 is 0 Å². The van der Waals surface area contributed by atoms with Gasteiger partial charge in [-0.15, -0.1) is 0 Å². The van der Waals surface area contributed by atoms with Crippen molar-refractivity contribution in [2.24, 2.45) is 0 Å². The maximum atomic E-state index is 9.24. The van der Waals surface area contributed by atoms with Crippen molar-refractivity contribution in [3.8, 4) is 5.75 Å². The average Bonchev–Trinajstić information content (AvgIpc) is 2.47. The summed E-state index contributed by atoms with van der Waals surface area (Å²) in [4.78, 5) is 4.55. The number of pyridine rings is 1. The molecule has 0 aliphatic carbocycles. The van der Waals surface area contributed by atoms with E-state index >= 15 is 0 Å². The van der Waals surface area contributed by atoms with Crippen molar-refractivity contribution in [1.29, 1.82) is 0 Å². The van der Waals surface area contributed by atoms with Crippen LogP contribution < -0.4 is 5.73 Å². The second-order valence-electron chi connectivity index (χ2n) is 4.58. The molecule has 0 amide bonds. The molecule has 0 spiro atoms. The molecule has 0 aliphatic rings. The van der Waals surface area contributed by atoms with Crippen LogP contribution >= 0.6 is 0 Å². The van der Waals surface area contributed by atoms with E-state index in [0.717, 1.165) is 27.8 Å². The number of phenolic OH excluding ortho intramolecular Hbond substituents is 1. The third-order valence-electron chi connectivity index (χ3n) is 3.11. The number of nitrogen functional groups attached to an aromatic ring is 1. The zero-order valence-electron chi connectivity index (χ0n) is 10.8. The van der Waals surface area contributed by atoms with Crippen LogP contribution in [0.4, 0.5) is 5.69 Å². The first kappa shape index (κ1) is 12.2. The third-order valence-corrected chi connectivity index (χ3v) is 3.11. The summed E-state index contributed by atoms with van der Waals surface area (Å²) in [5, 5.41) is 10.2. The van der Waals surface area contributed by atoms with E-state index in [9.17, 15) is 5.11 Å². The summed E-state index contributed by atoms with van der Waals surface area (Å²) < 4.78 is 0. The van der Waals surface area contributed by atoms with Crippen LogP contribution in [0.1, 0.15) is 11.3 Å². The minimum atomic E-state index is 0.259. The van der Waals surface area contributed by atoms with E-state index in [2.05, 4.69) is 4.98 Å². The number of fused-ring (bicyclic) bond motifs is 1. The lowest BCUT2D eigenvalue weighted by atomic mass is 10.1. The van der Waals surface area contributed by atoms with Crippen LogP contribution in [0.2, 0.25) is 0 Å². The molecule has 0 aliphatic heterocycles. The Labute approximate surface area is 117 Å². The number of nitrogens with zero attached hydrogens (tertiary/aromatic N) is 1. The number of hydrogen-bond donors (Lipinski definition) is 2. The first-order valence-corrected chi connectivity index (χ1v) is 6.35. The van der Waals surface area contributed by atoms with Crippen LogP contribution in [0.25, 0.3) is 23.1 Å². The summed E-state index contributed by atoms with van der Waals surface area (Å²) in [5.41, 5.74) is 9.46. The summed E-state index contributed by atoms with van der Waals surface area (Å²) in [7, 11) is 0. The molecule has 3 heteroatoms. The molecule has 1 aromatic heterocycles. The van der Waals surface area contributed by atoms with E-state index in [0.29, 0.717) is 0 Å². The fourth-order valence-corrected chi connectivity index (χ4v) is 2.08. The molecule has 3 N–H and O–H groups in total. The molecule has 98 valence electrons. The van der Waals surface area contributed by atoms with E-state index < -0.39 is 0 Å². The molecule has 0 bridgehead atoms. The smallest absolute Gasteiger partial charge is 0.115 e. The topological polar surface area (TPSA) is 59.1 Å². The Morgan fingerprint density at radius 1 is 0.950 bits per heavy atom. The number of hydrogen-bond acceptors (Lipinski definition) is 3. The van der Waals surface area contributed by atoms with Crippen molar-refractivity contribution in [2.45, 2.75) is 0 Å². The highest BCUT2D eigenvalue weighted by atomic mass is 16.3. The number of aromatic hydroxyl groups is 1. The molecule has 0 fully saturated rings. The monoisotopic (exact) mass is 262 g/mol. The van der Waals surface area contributed by atoms with Gasteiger partial charge in [0.15, 0.2) is 0 Å². The molecule has 3 nitrogen and oxygen atoms in total. The minimum absolute atomic E-state index is 0.259. The van der Waals surface area contributed by atoms with Gasteiger partial charge in [0, 0.05) is 11.1 Å². The molecule has 2 aromatic carbocycles. The second-order valence-corrected chi connectivity index (χ2v) is 4.58. The molecule has 3 rings (SSSR count). The fraction of sp³-hybridized carbons (Fsp3) is 0. The van der Waals surface area contributed by atoms with Gasteiger partial charge in [-0.05, 0) is 35.9 Å². The number of aromatic nitrogens is 1. The first-order chi connectivity index (χ1) is 9.72. The first-order valence-electron chi connectivity index (χ1n) is 6.35. The predicted octanol–water partition coefficient (Wildman–Crippen LogP) is 3.69. The highest BCUT2D eigenvalue weighted by Crippen LogP contribution is 2.21. The molecule has 20 heavy (non-hydrogen) atoms. The summed E-state index contributed by atoms with van der Waals surface area (Å²) in [5.74, 6) is 0.259. The summed E-state index contributed by atoms with van der Waals surface area (Å²) >= 11 is 0. The number of rotatable bonds is 2. The van der Waals surface area contributed by atoms with E-state index in [1.807, 2.05) is 54.6 Å². The van der Waals surface area contributed by atoms with Crippen molar-refractivity contribution in [3.05, 3.63) is 65.9 Å². The summed E-state index contributed by atoms with van der Waals surface area (Å²) in [6.07, 6.45) is 3.85. The second kappa shape index (κ2) is 5.05. The van der Waals surface area contributed by atoms with Gasteiger partial charge < -0.3 is 10.8 Å². The number of phenols is 1. The van der Waals surface area contributed by atoms with E-state index in [-0.39, 0.29) is 5.75 Å². The van der Waals surface area contributed by atoms with Crippen molar-refractivity contribution >= 4 is 28.7 Å². The van der Waals surface area contributed by atoms with Gasteiger partial charge in [-0.2, -0.15) is 0 Å². The summed E-state index contributed by atoms with van der Waals surface area (Å²) in [6, 6.07) is 16.7. The number of benzene rings is 2. The van der Waals surface area contributed by atoms with Gasteiger partial charge in [0.25, 0.3) is 0 Å². The minimum Gasteiger partial charge on any atom is -0.508 e. The normalized spacial score (nSPS) is 11.2. The quantitative estimate of drug-likeness (QED) is 0.740. The van der Waals surface area contributed by atoms with Gasteiger partial charge in [-0.25, -0.2) is 4.98 Å².